The second-order valence-corrected chi connectivity index (χ2v) is 7.34. The van der Waals surface area contributed by atoms with E-state index in [1.165, 1.54) is 23.4 Å². The zero-order valence-corrected chi connectivity index (χ0v) is 13.5. The first kappa shape index (κ1) is 16.0. The monoisotopic (exact) mass is 334 g/mol. The van der Waals surface area contributed by atoms with E-state index in [4.69, 9.17) is 0 Å². The van der Waals surface area contributed by atoms with Crippen molar-refractivity contribution in [2.24, 2.45) is 0 Å². The van der Waals surface area contributed by atoms with Gasteiger partial charge in [0.05, 0.1) is 4.90 Å². The van der Waals surface area contributed by atoms with Crippen LogP contribution in [-0.4, -0.2) is 28.1 Å². The van der Waals surface area contributed by atoms with Crippen molar-refractivity contribution in [1.29, 1.82) is 0 Å². The third-order valence-corrected chi connectivity index (χ3v) is 5.48. The summed E-state index contributed by atoms with van der Waals surface area (Å²) in [5.41, 5.74) is 2.59. The SMILES string of the molecule is O=S(=O)(NCCCN1CCc2ccccc21)c1ccc(F)cc1. The summed E-state index contributed by atoms with van der Waals surface area (Å²) in [6.45, 7) is 2.14. The van der Waals surface area contributed by atoms with Gasteiger partial charge in [0.25, 0.3) is 0 Å². The third kappa shape index (κ3) is 3.71. The largest absolute Gasteiger partial charge is 0.371 e. The summed E-state index contributed by atoms with van der Waals surface area (Å²) in [5, 5.41) is 0. The van der Waals surface area contributed by atoms with Gasteiger partial charge in [-0.25, -0.2) is 17.5 Å². The van der Waals surface area contributed by atoms with Crippen LogP contribution in [0.1, 0.15) is 12.0 Å². The number of anilines is 1. The molecule has 0 radical (unpaired) electrons. The highest BCUT2D eigenvalue weighted by Gasteiger charge is 2.18. The number of benzene rings is 2. The fourth-order valence-electron chi connectivity index (χ4n) is 2.81. The van der Waals surface area contributed by atoms with Gasteiger partial charge in [-0.05, 0) is 48.7 Å². The molecule has 0 saturated heterocycles. The topological polar surface area (TPSA) is 49.4 Å². The second-order valence-electron chi connectivity index (χ2n) is 5.57. The minimum absolute atomic E-state index is 0.0884. The first-order chi connectivity index (χ1) is 11.1. The molecule has 1 aliphatic rings. The predicted molar refractivity (Wildman–Crippen MR) is 88.6 cm³/mol. The Morgan fingerprint density at radius 3 is 2.61 bits per heavy atom. The van der Waals surface area contributed by atoms with Gasteiger partial charge in [-0.1, -0.05) is 18.2 Å². The highest BCUT2D eigenvalue weighted by molar-refractivity contribution is 7.89. The van der Waals surface area contributed by atoms with Crippen molar-refractivity contribution in [3.05, 3.63) is 59.9 Å². The highest BCUT2D eigenvalue weighted by atomic mass is 32.2. The van der Waals surface area contributed by atoms with E-state index in [1.54, 1.807) is 0 Å². The Hall–Kier alpha value is -1.92. The summed E-state index contributed by atoms with van der Waals surface area (Å²) >= 11 is 0. The van der Waals surface area contributed by atoms with Crippen LogP contribution in [0.4, 0.5) is 10.1 Å². The molecule has 1 heterocycles. The zero-order valence-electron chi connectivity index (χ0n) is 12.7. The number of nitrogens with zero attached hydrogens (tertiary/aromatic N) is 1. The van der Waals surface area contributed by atoms with Crippen LogP contribution in [0.5, 0.6) is 0 Å². The third-order valence-electron chi connectivity index (χ3n) is 4.00. The van der Waals surface area contributed by atoms with Gasteiger partial charge in [0.1, 0.15) is 5.82 Å². The van der Waals surface area contributed by atoms with Crippen molar-refractivity contribution in [2.45, 2.75) is 17.7 Å². The second kappa shape index (κ2) is 6.68. The molecule has 4 nitrogen and oxygen atoms in total. The fraction of sp³-hybridized carbons (Fsp3) is 0.294. The molecule has 3 rings (SSSR count). The number of nitrogens with one attached hydrogen (secondary N) is 1. The Bertz CT molecular complexity index is 775. The Morgan fingerprint density at radius 2 is 1.83 bits per heavy atom. The molecule has 0 aliphatic carbocycles. The van der Waals surface area contributed by atoms with Crippen molar-refractivity contribution < 1.29 is 12.8 Å². The van der Waals surface area contributed by atoms with Gasteiger partial charge in [0.2, 0.25) is 10.0 Å². The van der Waals surface area contributed by atoms with Gasteiger partial charge < -0.3 is 4.90 Å². The van der Waals surface area contributed by atoms with E-state index in [0.29, 0.717) is 6.54 Å². The minimum atomic E-state index is -3.57. The van der Waals surface area contributed by atoms with E-state index in [1.807, 2.05) is 12.1 Å². The first-order valence-corrected chi connectivity index (χ1v) is 9.13. The average Bonchev–Trinajstić information content (AvgIpc) is 2.95. The molecule has 2 aromatic rings. The summed E-state index contributed by atoms with van der Waals surface area (Å²) in [6, 6.07) is 13.1. The molecule has 0 atom stereocenters. The van der Waals surface area contributed by atoms with Crippen LogP contribution in [0.3, 0.4) is 0 Å². The van der Waals surface area contributed by atoms with E-state index in [0.717, 1.165) is 38.1 Å². The Kier molecular flexibility index (Phi) is 4.63. The number of hydrogen-bond donors (Lipinski definition) is 1. The molecule has 1 aliphatic heterocycles. The van der Waals surface area contributed by atoms with Gasteiger partial charge in [-0.15, -0.1) is 0 Å². The van der Waals surface area contributed by atoms with E-state index in [2.05, 4.69) is 21.8 Å². The standard InChI is InChI=1S/C17H19FN2O2S/c18-15-6-8-16(9-7-15)23(21,22)19-11-3-12-20-13-10-14-4-1-2-5-17(14)20/h1-2,4-9,19H,3,10-13H2. The van der Waals surface area contributed by atoms with Crippen LogP contribution >= 0.6 is 0 Å². The van der Waals surface area contributed by atoms with E-state index in [-0.39, 0.29) is 4.90 Å². The normalized spacial score (nSPS) is 14.0. The van der Waals surface area contributed by atoms with E-state index >= 15 is 0 Å². The number of sulfonamides is 1. The van der Waals surface area contributed by atoms with Crippen LogP contribution in [-0.2, 0) is 16.4 Å². The van der Waals surface area contributed by atoms with Crippen LogP contribution in [0.15, 0.2) is 53.4 Å². The number of para-hydroxylation sites is 1. The smallest absolute Gasteiger partial charge is 0.240 e. The Balaban J connectivity index is 1.51. The summed E-state index contributed by atoms with van der Waals surface area (Å²) in [7, 11) is -3.57. The molecule has 0 amide bonds. The molecule has 0 spiro atoms. The highest BCUT2D eigenvalue weighted by Crippen LogP contribution is 2.27. The number of halogens is 1. The van der Waals surface area contributed by atoms with Crippen molar-refractivity contribution in [1.82, 2.24) is 4.72 Å². The molecular formula is C17H19FN2O2S. The maximum Gasteiger partial charge on any atom is 0.240 e. The summed E-state index contributed by atoms with van der Waals surface area (Å²) in [6.07, 6.45) is 1.76. The van der Waals surface area contributed by atoms with Crippen molar-refractivity contribution in [3.63, 3.8) is 0 Å². The van der Waals surface area contributed by atoms with Crippen molar-refractivity contribution in [3.8, 4) is 0 Å². The molecule has 0 saturated carbocycles. The lowest BCUT2D eigenvalue weighted by Gasteiger charge is -2.19. The van der Waals surface area contributed by atoms with E-state index in [9.17, 15) is 12.8 Å². The quantitative estimate of drug-likeness (QED) is 0.826. The number of hydrogen-bond acceptors (Lipinski definition) is 3. The first-order valence-electron chi connectivity index (χ1n) is 7.64. The summed E-state index contributed by atoms with van der Waals surface area (Å²) in [4.78, 5) is 2.37. The van der Waals surface area contributed by atoms with Gasteiger partial charge in [0, 0.05) is 25.3 Å². The molecule has 0 aromatic heterocycles. The summed E-state index contributed by atoms with van der Waals surface area (Å²) in [5.74, 6) is -0.448. The van der Waals surface area contributed by atoms with Crippen molar-refractivity contribution >= 4 is 15.7 Å². The molecule has 6 heteroatoms. The number of fused-ring (bicyclic) bond motifs is 1. The lowest BCUT2D eigenvalue weighted by molar-refractivity contribution is 0.577. The maximum absolute atomic E-state index is 12.9. The van der Waals surface area contributed by atoms with Crippen LogP contribution in [0, 0.1) is 5.82 Å². The molecule has 23 heavy (non-hydrogen) atoms. The van der Waals surface area contributed by atoms with Crippen LogP contribution in [0.25, 0.3) is 0 Å². The van der Waals surface area contributed by atoms with Gasteiger partial charge >= 0.3 is 0 Å². The molecule has 2 aromatic carbocycles. The average molecular weight is 334 g/mol. The maximum atomic E-state index is 12.9. The van der Waals surface area contributed by atoms with Gasteiger partial charge in [0.15, 0.2) is 0 Å². The van der Waals surface area contributed by atoms with E-state index < -0.39 is 15.8 Å². The molecule has 0 fully saturated rings. The van der Waals surface area contributed by atoms with Gasteiger partial charge in [-0.3, -0.25) is 0 Å². The summed E-state index contributed by atoms with van der Waals surface area (Å²) < 4.78 is 39.6. The Morgan fingerprint density at radius 1 is 1.09 bits per heavy atom. The lowest BCUT2D eigenvalue weighted by Crippen LogP contribution is -2.29. The molecule has 1 N–H and O–H groups in total. The molecule has 0 bridgehead atoms. The van der Waals surface area contributed by atoms with Crippen LogP contribution < -0.4 is 9.62 Å². The molecule has 122 valence electrons. The number of rotatable bonds is 6. The fourth-order valence-corrected chi connectivity index (χ4v) is 3.89. The van der Waals surface area contributed by atoms with Crippen molar-refractivity contribution in [2.75, 3.05) is 24.5 Å². The predicted octanol–water partition coefficient (Wildman–Crippen LogP) is 2.56. The van der Waals surface area contributed by atoms with Crippen LogP contribution in [0.2, 0.25) is 0 Å². The lowest BCUT2D eigenvalue weighted by atomic mass is 10.2. The zero-order chi connectivity index (χ0) is 16.3. The Labute approximate surface area is 136 Å². The van der Waals surface area contributed by atoms with Gasteiger partial charge in [-0.2, -0.15) is 0 Å². The molecular weight excluding hydrogens is 315 g/mol. The molecule has 0 unspecified atom stereocenters. The minimum Gasteiger partial charge on any atom is -0.371 e.